The van der Waals surface area contributed by atoms with E-state index in [1.807, 2.05) is 36.4 Å². The Hall–Kier alpha value is -1.58. The smallest absolute Gasteiger partial charge is 0.218 e. The van der Waals surface area contributed by atoms with Crippen molar-refractivity contribution in [3.05, 3.63) is 58.7 Å². The molecule has 1 aromatic heterocycles. The van der Waals surface area contributed by atoms with Crippen molar-refractivity contribution in [3.8, 4) is 5.88 Å². The molecule has 0 amide bonds. The predicted molar refractivity (Wildman–Crippen MR) is 77.4 cm³/mol. The van der Waals surface area contributed by atoms with Crippen molar-refractivity contribution in [3.63, 3.8) is 0 Å². The summed E-state index contributed by atoms with van der Waals surface area (Å²) in [5.74, 6) is 0.656. The molecule has 3 nitrogen and oxygen atoms in total. The van der Waals surface area contributed by atoms with Crippen molar-refractivity contribution in [1.29, 1.82) is 0 Å². The molecular weight excluding hydrogens is 260 g/mol. The third kappa shape index (κ3) is 3.94. The van der Waals surface area contributed by atoms with E-state index in [0.29, 0.717) is 17.5 Å². The minimum absolute atomic E-state index is 0.426. The molecule has 0 aliphatic rings. The zero-order valence-electron chi connectivity index (χ0n) is 10.9. The zero-order valence-corrected chi connectivity index (χ0v) is 11.7. The Labute approximate surface area is 118 Å². The first kappa shape index (κ1) is 13.8. The Morgan fingerprint density at radius 2 is 1.95 bits per heavy atom. The van der Waals surface area contributed by atoms with E-state index in [9.17, 15) is 0 Å². The average molecular weight is 277 g/mol. The van der Waals surface area contributed by atoms with Gasteiger partial charge in [0.15, 0.2) is 0 Å². The minimum Gasteiger partial charge on any atom is -0.473 e. The molecule has 0 bridgehead atoms. The lowest BCUT2D eigenvalue weighted by Gasteiger charge is -2.11. The third-order valence-electron chi connectivity index (χ3n) is 2.74. The molecule has 19 heavy (non-hydrogen) atoms. The molecular formula is C15H17ClN2O. The molecule has 0 aliphatic carbocycles. The number of ether oxygens (including phenoxy) is 1. The normalized spacial score (nSPS) is 10.4. The highest BCUT2D eigenvalue weighted by Gasteiger charge is 2.06. The van der Waals surface area contributed by atoms with E-state index in [2.05, 4.69) is 17.2 Å². The van der Waals surface area contributed by atoms with E-state index in [4.69, 9.17) is 16.3 Å². The van der Waals surface area contributed by atoms with Crippen LogP contribution in [0.4, 0.5) is 0 Å². The topological polar surface area (TPSA) is 34.2 Å². The lowest BCUT2D eigenvalue weighted by atomic mass is 10.2. The van der Waals surface area contributed by atoms with Gasteiger partial charge in [-0.15, -0.1) is 0 Å². The quantitative estimate of drug-likeness (QED) is 0.878. The van der Waals surface area contributed by atoms with E-state index < -0.39 is 0 Å². The van der Waals surface area contributed by atoms with Gasteiger partial charge in [-0.05, 0) is 18.7 Å². The Kier molecular flexibility index (Phi) is 5.19. The van der Waals surface area contributed by atoms with Gasteiger partial charge in [-0.25, -0.2) is 4.98 Å². The summed E-state index contributed by atoms with van der Waals surface area (Å²) in [6, 6.07) is 11.6. The van der Waals surface area contributed by atoms with Crippen LogP contribution < -0.4 is 10.1 Å². The van der Waals surface area contributed by atoms with Gasteiger partial charge >= 0.3 is 0 Å². The highest BCUT2D eigenvalue weighted by Crippen LogP contribution is 2.19. The number of rotatable bonds is 6. The Bertz CT molecular complexity index is 531. The summed E-state index contributed by atoms with van der Waals surface area (Å²) in [7, 11) is 0. The van der Waals surface area contributed by atoms with Gasteiger partial charge in [0, 0.05) is 28.9 Å². The van der Waals surface area contributed by atoms with E-state index in [-0.39, 0.29) is 0 Å². The summed E-state index contributed by atoms with van der Waals surface area (Å²) in [4.78, 5) is 4.27. The number of hydrogen-bond acceptors (Lipinski definition) is 3. The van der Waals surface area contributed by atoms with Crippen LogP contribution in [0.5, 0.6) is 5.88 Å². The van der Waals surface area contributed by atoms with Gasteiger partial charge < -0.3 is 10.1 Å². The van der Waals surface area contributed by atoms with Gasteiger partial charge in [-0.2, -0.15) is 0 Å². The zero-order chi connectivity index (χ0) is 13.5. The highest BCUT2D eigenvalue weighted by molar-refractivity contribution is 6.31. The first-order valence-corrected chi connectivity index (χ1v) is 6.70. The Balaban J connectivity index is 2.05. The second-order valence-corrected chi connectivity index (χ2v) is 4.54. The summed E-state index contributed by atoms with van der Waals surface area (Å²) in [6.45, 7) is 4.16. The Morgan fingerprint density at radius 3 is 2.74 bits per heavy atom. The number of hydrogen-bond donors (Lipinski definition) is 1. The average Bonchev–Trinajstić information content (AvgIpc) is 2.45. The fourth-order valence-electron chi connectivity index (χ4n) is 1.71. The molecule has 1 aromatic carbocycles. The molecule has 0 spiro atoms. The van der Waals surface area contributed by atoms with Gasteiger partial charge in [0.2, 0.25) is 5.88 Å². The molecule has 0 saturated heterocycles. The fourth-order valence-corrected chi connectivity index (χ4v) is 1.90. The van der Waals surface area contributed by atoms with Gasteiger partial charge in [-0.3, -0.25) is 0 Å². The molecule has 0 atom stereocenters. The van der Waals surface area contributed by atoms with E-state index in [1.54, 1.807) is 6.20 Å². The minimum atomic E-state index is 0.426. The van der Waals surface area contributed by atoms with Gasteiger partial charge in [0.25, 0.3) is 0 Å². The maximum absolute atomic E-state index is 6.10. The number of aromatic nitrogens is 1. The van der Waals surface area contributed by atoms with Crippen molar-refractivity contribution in [2.45, 2.75) is 20.1 Å². The number of pyridine rings is 1. The largest absolute Gasteiger partial charge is 0.473 e. The molecule has 100 valence electrons. The molecule has 4 heteroatoms. The fraction of sp³-hybridized carbons (Fsp3) is 0.267. The van der Waals surface area contributed by atoms with Gasteiger partial charge in [-0.1, -0.05) is 42.8 Å². The van der Waals surface area contributed by atoms with Crippen molar-refractivity contribution in [2.75, 3.05) is 6.54 Å². The molecule has 2 aromatic rings. The van der Waals surface area contributed by atoms with E-state index in [1.165, 1.54) is 0 Å². The summed E-state index contributed by atoms with van der Waals surface area (Å²) in [5.41, 5.74) is 2.01. The second kappa shape index (κ2) is 7.12. The van der Waals surface area contributed by atoms with Crippen molar-refractivity contribution < 1.29 is 4.74 Å². The molecule has 1 heterocycles. The SMILES string of the molecule is CCNCc1cccnc1OCc1ccccc1Cl. The summed E-state index contributed by atoms with van der Waals surface area (Å²) >= 11 is 6.10. The second-order valence-electron chi connectivity index (χ2n) is 4.13. The molecule has 0 aliphatic heterocycles. The van der Waals surface area contributed by atoms with Crippen molar-refractivity contribution in [2.24, 2.45) is 0 Å². The van der Waals surface area contributed by atoms with Crippen LogP contribution >= 0.6 is 11.6 Å². The molecule has 0 unspecified atom stereocenters. The lowest BCUT2D eigenvalue weighted by Crippen LogP contribution is -2.13. The summed E-state index contributed by atoms with van der Waals surface area (Å²) in [5, 5.41) is 3.98. The standard InChI is InChI=1S/C15H17ClN2O/c1-2-17-10-12-7-5-9-18-15(12)19-11-13-6-3-4-8-14(13)16/h3-9,17H,2,10-11H2,1H3. The number of nitrogens with zero attached hydrogens (tertiary/aromatic N) is 1. The van der Waals surface area contributed by atoms with Crippen LogP contribution in [0.2, 0.25) is 5.02 Å². The van der Waals surface area contributed by atoms with Crippen LogP contribution in [-0.4, -0.2) is 11.5 Å². The van der Waals surface area contributed by atoms with Crippen molar-refractivity contribution >= 4 is 11.6 Å². The number of halogens is 1. The monoisotopic (exact) mass is 276 g/mol. The first-order chi connectivity index (χ1) is 9.31. The summed E-state index contributed by atoms with van der Waals surface area (Å²) < 4.78 is 5.77. The van der Waals surface area contributed by atoms with E-state index >= 15 is 0 Å². The van der Waals surface area contributed by atoms with E-state index in [0.717, 1.165) is 24.2 Å². The maximum Gasteiger partial charge on any atom is 0.218 e. The van der Waals surface area contributed by atoms with Crippen LogP contribution in [0.15, 0.2) is 42.6 Å². The van der Waals surface area contributed by atoms with Crippen LogP contribution in [0.25, 0.3) is 0 Å². The van der Waals surface area contributed by atoms with Gasteiger partial charge in [0.1, 0.15) is 6.61 Å². The Morgan fingerprint density at radius 1 is 1.16 bits per heavy atom. The van der Waals surface area contributed by atoms with Crippen LogP contribution in [-0.2, 0) is 13.2 Å². The molecule has 2 rings (SSSR count). The number of nitrogens with one attached hydrogen (secondary N) is 1. The lowest BCUT2D eigenvalue weighted by molar-refractivity contribution is 0.290. The molecule has 1 N–H and O–H groups in total. The van der Waals surface area contributed by atoms with Crippen LogP contribution in [0.1, 0.15) is 18.1 Å². The summed E-state index contributed by atoms with van der Waals surface area (Å²) in [6.07, 6.45) is 1.73. The van der Waals surface area contributed by atoms with Crippen molar-refractivity contribution in [1.82, 2.24) is 10.3 Å². The van der Waals surface area contributed by atoms with Crippen LogP contribution in [0, 0.1) is 0 Å². The molecule has 0 fully saturated rings. The predicted octanol–water partition coefficient (Wildman–Crippen LogP) is 3.42. The third-order valence-corrected chi connectivity index (χ3v) is 3.11. The van der Waals surface area contributed by atoms with Gasteiger partial charge in [0.05, 0.1) is 0 Å². The molecule has 0 saturated carbocycles. The van der Waals surface area contributed by atoms with Crippen LogP contribution in [0.3, 0.4) is 0 Å². The molecule has 0 radical (unpaired) electrons. The highest BCUT2D eigenvalue weighted by atomic mass is 35.5. The number of benzene rings is 1. The first-order valence-electron chi connectivity index (χ1n) is 6.32. The maximum atomic E-state index is 6.10.